The minimum absolute atomic E-state index is 0.0601. The Morgan fingerprint density at radius 2 is 1.66 bits per heavy atom. The first-order chi connectivity index (χ1) is 23.8. The van der Waals surface area contributed by atoms with Crippen LogP contribution in [0.1, 0.15) is 30.0 Å². The molecule has 0 unspecified atom stereocenters. The number of amides is 2. The van der Waals surface area contributed by atoms with Crippen molar-refractivity contribution in [1.29, 1.82) is 0 Å². The van der Waals surface area contributed by atoms with Crippen LogP contribution in [0.25, 0.3) is 0 Å². The third-order valence-corrected chi connectivity index (χ3v) is 10.5. The summed E-state index contributed by atoms with van der Waals surface area (Å²) in [6.45, 7) is 2.72. The second kappa shape index (κ2) is 17.0. The smallest absolute Gasteiger partial charge is 0.273 e. The lowest BCUT2D eigenvalue weighted by molar-refractivity contribution is -0.385. The molecule has 0 aliphatic carbocycles. The van der Waals surface area contributed by atoms with Gasteiger partial charge in [-0.2, -0.15) is 0 Å². The van der Waals surface area contributed by atoms with E-state index in [9.17, 15) is 28.1 Å². The molecule has 0 aliphatic heterocycles. The first kappa shape index (κ1) is 38.4. The Hall–Kier alpha value is -4.36. The molecule has 0 radical (unpaired) electrons. The zero-order valence-corrected chi connectivity index (χ0v) is 30.5. The van der Waals surface area contributed by atoms with Gasteiger partial charge in [0, 0.05) is 36.2 Å². The van der Waals surface area contributed by atoms with E-state index in [0.29, 0.717) is 18.5 Å². The number of sulfonamides is 1. The highest BCUT2D eigenvalue weighted by molar-refractivity contribution is 7.92. The zero-order chi connectivity index (χ0) is 36.6. The zero-order valence-electron chi connectivity index (χ0n) is 27.4. The lowest BCUT2D eigenvalue weighted by atomic mass is 10.0. The average Bonchev–Trinajstić information content (AvgIpc) is 3.09. The Morgan fingerprint density at radius 3 is 2.30 bits per heavy atom. The third-order valence-electron chi connectivity index (χ3n) is 7.81. The van der Waals surface area contributed by atoms with E-state index in [2.05, 4.69) is 5.32 Å². The van der Waals surface area contributed by atoms with Gasteiger partial charge in [-0.1, -0.05) is 84.2 Å². The van der Waals surface area contributed by atoms with E-state index in [4.69, 9.17) is 39.5 Å². The van der Waals surface area contributed by atoms with Crippen molar-refractivity contribution in [2.75, 3.05) is 24.5 Å². The van der Waals surface area contributed by atoms with Crippen LogP contribution < -0.4 is 14.4 Å². The Balaban J connectivity index is 1.90. The quantitative estimate of drug-likeness (QED) is 0.0996. The molecule has 4 rings (SSSR count). The summed E-state index contributed by atoms with van der Waals surface area (Å²) in [6, 6.07) is 20.4. The first-order valence-electron chi connectivity index (χ1n) is 15.4. The number of nitro benzene ring substituents is 1. The Labute approximate surface area is 305 Å². The summed E-state index contributed by atoms with van der Waals surface area (Å²) in [7, 11) is -3.39. The molecule has 4 aromatic rings. The van der Waals surface area contributed by atoms with E-state index in [1.165, 1.54) is 49.3 Å². The number of nitro groups is 1. The van der Waals surface area contributed by atoms with E-state index in [0.717, 1.165) is 15.9 Å². The molecule has 0 fully saturated rings. The molecule has 0 heterocycles. The molecule has 264 valence electrons. The maximum Gasteiger partial charge on any atom is 0.273 e. The highest BCUT2D eigenvalue weighted by atomic mass is 35.5. The summed E-state index contributed by atoms with van der Waals surface area (Å²) in [4.78, 5) is 40.4. The van der Waals surface area contributed by atoms with Crippen molar-refractivity contribution in [3.05, 3.63) is 127 Å². The van der Waals surface area contributed by atoms with E-state index in [1.54, 1.807) is 18.2 Å². The van der Waals surface area contributed by atoms with Crippen molar-refractivity contribution in [2.45, 2.75) is 44.2 Å². The van der Waals surface area contributed by atoms with Gasteiger partial charge in [0.2, 0.25) is 11.8 Å². The fourth-order valence-corrected chi connectivity index (χ4v) is 7.12. The molecule has 0 bridgehead atoms. The van der Waals surface area contributed by atoms with Crippen LogP contribution in [0.3, 0.4) is 0 Å². The Bertz CT molecular complexity index is 1980. The largest absolute Gasteiger partial charge is 0.495 e. The molecule has 0 aromatic heterocycles. The number of carbonyl (C=O) groups is 2. The number of benzene rings is 4. The minimum atomic E-state index is -4.71. The molecule has 4 aromatic carbocycles. The lowest BCUT2D eigenvalue weighted by Crippen LogP contribution is -2.53. The summed E-state index contributed by atoms with van der Waals surface area (Å²) in [5.41, 5.74) is 1.00. The van der Waals surface area contributed by atoms with Gasteiger partial charge in [0.25, 0.3) is 15.7 Å². The first-order valence-corrected chi connectivity index (χ1v) is 18.0. The lowest BCUT2D eigenvalue weighted by Gasteiger charge is -2.34. The van der Waals surface area contributed by atoms with Crippen molar-refractivity contribution in [3.63, 3.8) is 0 Å². The van der Waals surface area contributed by atoms with Crippen LogP contribution in [0.2, 0.25) is 15.1 Å². The molecule has 0 saturated heterocycles. The standard InChI is InChI=1S/C35H35Cl3N4O7S/c1-4-16-39-35(44)32(18-24-8-6-5-7-9-24)40(21-25-11-14-28(37)29(38)17-25)34(43)22-41(31-19-26(36)12-15-33(31)49-3)50(47,48)27-13-10-23(2)30(20-27)42(45)46/h5-15,17,19-20,32H,4,16,18,21-22H2,1-3H3,(H,39,44)/t32-/m1/s1. The van der Waals surface area contributed by atoms with Crippen molar-refractivity contribution in [1.82, 2.24) is 10.2 Å². The van der Waals surface area contributed by atoms with Gasteiger partial charge in [-0.25, -0.2) is 8.42 Å². The van der Waals surface area contributed by atoms with Gasteiger partial charge in [-0.3, -0.25) is 24.0 Å². The number of nitrogens with one attached hydrogen (secondary N) is 1. The van der Waals surface area contributed by atoms with Crippen molar-refractivity contribution in [3.8, 4) is 5.75 Å². The second-order valence-corrected chi connectivity index (χ2v) is 14.4. The molecular formula is C35H35Cl3N4O7S. The fourth-order valence-electron chi connectivity index (χ4n) is 5.20. The number of anilines is 1. The number of rotatable bonds is 15. The Morgan fingerprint density at radius 1 is 0.940 bits per heavy atom. The van der Waals surface area contributed by atoms with Gasteiger partial charge in [0.15, 0.2) is 0 Å². The number of methoxy groups -OCH3 is 1. The SMILES string of the molecule is CCCNC(=O)[C@@H](Cc1ccccc1)N(Cc1ccc(Cl)c(Cl)c1)C(=O)CN(c1cc(Cl)ccc1OC)S(=O)(=O)c1ccc(C)c([N+](=O)[O-])c1. The number of hydrogen-bond donors (Lipinski definition) is 1. The summed E-state index contributed by atoms with van der Waals surface area (Å²) in [5.74, 6) is -1.16. The fraction of sp³-hybridized carbons (Fsp3) is 0.257. The number of hydrogen-bond acceptors (Lipinski definition) is 7. The highest BCUT2D eigenvalue weighted by Gasteiger charge is 2.36. The van der Waals surface area contributed by atoms with E-state index >= 15 is 0 Å². The maximum atomic E-state index is 14.7. The van der Waals surface area contributed by atoms with Gasteiger partial charge in [-0.15, -0.1) is 0 Å². The van der Waals surface area contributed by atoms with Crippen LogP contribution in [0.15, 0.2) is 89.8 Å². The molecule has 50 heavy (non-hydrogen) atoms. The molecule has 11 nitrogen and oxygen atoms in total. The summed E-state index contributed by atoms with van der Waals surface area (Å²) in [5, 5.41) is 15.3. The van der Waals surface area contributed by atoms with Crippen LogP contribution in [-0.2, 0) is 32.6 Å². The average molecular weight is 762 g/mol. The number of aryl methyl sites for hydroxylation is 1. The molecule has 0 saturated carbocycles. The van der Waals surface area contributed by atoms with Crippen LogP contribution in [0.5, 0.6) is 5.75 Å². The van der Waals surface area contributed by atoms with Crippen LogP contribution in [0.4, 0.5) is 11.4 Å². The van der Waals surface area contributed by atoms with Crippen LogP contribution >= 0.6 is 34.8 Å². The van der Waals surface area contributed by atoms with E-state index in [1.807, 2.05) is 37.3 Å². The van der Waals surface area contributed by atoms with Gasteiger partial charge >= 0.3 is 0 Å². The predicted octanol–water partition coefficient (Wildman–Crippen LogP) is 7.23. The molecule has 0 aliphatic rings. The minimum Gasteiger partial charge on any atom is -0.495 e. The van der Waals surface area contributed by atoms with Gasteiger partial charge in [0.05, 0.1) is 32.7 Å². The van der Waals surface area contributed by atoms with Gasteiger partial charge in [0.1, 0.15) is 18.3 Å². The van der Waals surface area contributed by atoms with Crippen LogP contribution in [0, 0.1) is 17.0 Å². The molecule has 2 amide bonds. The third kappa shape index (κ3) is 9.25. The topological polar surface area (TPSA) is 139 Å². The van der Waals surface area contributed by atoms with Crippen LogP contribution in [-0.4, -0.2) is 56.3 Å². The van der Waals surface area contributed by atoms with Crippen molar-refractivity contribution >= 4 is 68.0 Å². The molecular weight excluding hydrogens is 727 g/mol. The summed E-state index contributed by atoms with van der Waals surface area (Å²) < 4.78 is 35.2. The molecule has 1 atom stereocenters. The van der Waals surface area contributed by atoms with Crippen molar-refractivity contribution < 1.29 is 27.7 Å². The highest BCUT2D eigenvalue weighted by Crippen LogP contribution is 2.36. The van der Waals surface area contributed by atoms with E-state index < -0.39 is 49.9 Å². The van der Waals surface area contributed by atoms with E-state index in [-0.39, 0.29) is 45.0 Å². The number of carbonyl (C=O) groups excluding carboxylic acids is 2. The number of halogens is 3. The second-order valence-electron chi connectivity index (χ2n) is 11.3. The summed E-state index contributed by atoms with van der Waals surface area (Å²) in [6.07, 6.45) is 0.731. The predicted molar refractivity (Wildman–Crippen MR) is 195 cm³/mol. The molecule has 1 N–H and O–H groups in total. The number of nitrogens with zero attached hydrogens (tertiary/aromatic N) is 3. The van der Waals surface area contributed by atoms with Crippen molar-refractivity contribution in [2.24, 2.45) is 0 Å². The molecule has 0 spiro atoms. The van der Waals surface area contributed by atoms with Gasteiger partial charge < -0.3 is 15.0 Å². The monoisotopic (exact) mass is 760 g/mol. The maximum absolute atomic E-state index is 14.7. The number of ether oxygens (including phenoxy) is 1. The summed E-state index contributed by atoms with van der Waals surface area (Å²) >= 11 is 18.8. The normalized spacial score (nSPS) is 11.8. The van der Waals surface area contributed by atoms with Gasteiger partial charge in [-0.05, 0) is 60.9 Å². The molecule has 15 heteroatoms. The Kier molecular flexibility index (Phi) is 13.1.